The van der Waals surface area contributed by atoms with Crippen LogP contribution in [0.2, 0.25) is 0 Å². The molecule has 0 fully saturated rings. The Hall–Kier alpha value is -5.54. The van der Waals surface area contributed by atoms with E-state index in [1.54, 1.807) is 0 Å². The van der Waals surface area contributed by atoms with Crippen molar-refractivity contribution >= 4 is 27.4 Å². The van der Waals surface area contributed by atoms with Crippen molar-refractivity contribution in [3.63, 3.8) is 0 Å². The van der Waals surface area contributed by atoms with Crippen LogP contribution in [0.4, 0.5) is 0 Å². The first kappa shape index (κ1) is 64.0. The zero-order valence-corrected chi connectivity index (χ0v) is 54.8. The minimum Gasteiger partial charge on any atom is -0.347 e. The molecule has 4 N–H and O–H groups in total. The van der Waals surface area contributed by atoms with Gasteiger partial charge in [-0.1, -0.05) is 284 Å². The normalized spacial score (nSPS) is 12.6. The average Bonchev–Trinajstić information content (AvgIpc) is 3.55. The van der Waals surface area contributed by atoms with Gasteiger partial charge in [-0.15, -0.1) is 0 Å². The van der Waals surface area contributed by atoms with Crippen molar-refractivity contribution in [1.29, 1.82) is 0 Å². The van der Waals surface area contributed by atoms with Crippen molar-refractivity contribution < 1.29 is 19.6 Å². The minimum absolute atomic E-state index is 0.0115. The molecule has 0 bridgehead atoms. The summed E-state index contributed by atoms with van der Waals surface area (Å²) in [5.41, 5.74) is 22.9. The van der Waals surface area contributed by atoms with Crippen LogP contribution in [0.5, 0.6) is 0 Å². The van der Waals surface area contributed by atoms with Gasteiger partial charge in [-0.3, -0.25) is 0 Å². The van der Waals surface area contributed by atoms with E-state index in [-0.39, 0.29) is 33.5 Å². The highest BCUT2D eigenvalue weighted by atomic mass is 31.2. The predicted molar refractivity (Wildman–Crippen MR) is 359 cm³/mol. The summed E-state index contributed by atoms with van der Waals surface area (Å²) in [6.45, 7) is 45.0. The third-order valence-electron chi connectivity index (χ3n) is 16.1. The van der Waals surface area contributed by atoms with E-state index in [0.717, 1.165) is 55.6 Å². The zero-order chi connectivity index (χ0) is 60.6. The van der Waals surface area contributed by atoms with E-state index in [1.165, 1.54) is 55.6 Å². The van der Waals surface area contributed by atoms with Gasteiger partial charge >= 0.3 is 0 Å². The molecule has 0 aromatic heterocycles. The van der Waals surface area contributed by atoms with E-state index in [0.29, 0.717) is 22.4 Å². The maximum atomic E-state index is 10.9. The lowest BCUT2D eigenvalue weighted by atomic mass is 9.74. The van der Waals surface area contributed by atoms with Crippen molar-refractivity contribution in [3.8, 4) is 66.8 Å². The quantitative estimate of drug-likeness (QED) is 0.0919. The van der Waals surface area contributed by atoms with E-state index in [9.17, 15) is 19.6 Å². The Morgan fingerprint density at radius 2 is 0.622 bits per heavy atom. The fraction of sp³-hybridized carbons (Fsp3) is 0.368. The summed E-state index contributed by atoms with van der Waals surface area (Å²) < 4.78 is 0. The summed E-state index contributed by atoms with van der Waals surface area (Å²) in [6, 6.07) is 56.0. The molecule has 8 aromatic rings. The summed E-state index contributed by atoms with van der Waals surface area (Å²) in [7, 11) is -4.70. The van der Waals surface area contributed by atoms with Gasteiger partial charge < -0.3 is 19.6 Å². The van der Waals surface area contributed by atoms with E-state index in [4.69, 9.17) is 0 Å². The fourth-order valence-electron chi connectivity index (χ4n) is 11.7. The van der Waals surface area contributed by atoms with Gasteiger partial charge in [0, 0.05) is 21.7 Å². The molecule has 432 valence electrons. The molecule has 0 heterocycles. The third kappa shape index (κ3) is 13.8. The van der Waals surface area contributed by atoms with Crippen molar-refractivity contribution in [3.05, 3.63) is 202 Å². The zero-order valence-electron chi connectivity index (χ0n) is 53.0. The first-order valence-corrected chi connectivity index (χ1v) is 32.1. The molecule has 0 aliphatic carbocycles. The molecule has 0 saturated heterocycles. The van der Waals surface area contributed by atoms with Gasteiger partial charge in [0.1, 0.15) is 0 Å². The van der Waals surface area contributed by atoms with Crippen molar-refractivity contribution in [2.24, 2.45) is 0 Å². The first-order chi connectivity index (χ1) is 38.2. The van der Waals surface area contributed by atoms with Gasteiger partial charge in [0.05, 0.1) is 0 Å². The second kappa shape index (κ2) is 25.4. The molecule has 0 atom stereocenters. The molecule has 0 radical (unpaired) electrons. The molecule has 4 nitrogen and oxygen atoms in total. The second-order valence-corrected chi connectivity index (χ2v) is 30.0. The summed E-state index contributed by atoms with van der Waals surface area (Å²) in [5, 5.41) is 1.19. The molecule has 0 aliphatic heterocycles. The fourth-order valence-corrected chi connectivity index (χ4v) is 13.0. The molecule has 0 saturated carbocycles. The monoisotopic (exact) mass is 1130 g/mol. The summed E-state index contributed by atoms with van der Waals surface area (Å²) in [5.74, 6) is 1.14. The maximum Gasteiger partial charge on any atom is 0.200 e. The number of hydrogen-bond donors (Lipinski definition) is 4. The van der Waals surface area contributed by atoms with Crippen molar-refractivity contribution in [1.82, 2.24) is 0 Å². The van der Waals surface area contributed by atoms with Crippen LogP contribution in [0.1, 0.15) is 207 Å². The van der Waals surface area contributed by atoms with Gasteiger partial charge in [-0.05, 0) is 158 Å². The molecule has 0 amide bonds. The van der Waals surface area contributed by atoms with E-state index in [1.807, 2.05) is 24.3 Å². The smallest absolute Gasteiger partial charge is 0.200 e. The molecule has 0 aliphatic rings. The Morgan fingerprint density at radius 1 is 0.280 bits per heavy atom. The molecule has 0 spiro atoms. The summed E-state index contributed by atoms with van der Waals surface area (Å²) in [4.78, 5) is 43.7. The van der Waals surface area contributed by atoms with Gasteiger partial charge in [0.2, 0.25) is 0 Å². The highest BCUT2D eigenvalue weighted by Gasteiger charge is 2.33. The Balaban J connectivity index is 0.000000237. The number of hydrogen-bond acceptors (Lipinski definition) is 4. The van der Waals surface area contributed by atoms with Gasteiger partial charge in [0.25, 0.3) is 0 Å². The molecular weight excluding hydrogens is 1040 g/mol. The van der Waals surface area contributed by atoms with Crippen LogP contribution in [-0.4, -0.2) is 19.6 Å². The minimum atomic E-state index is -2.36. The highest BCUT2D eigenvalue weighted by molar-refractivity contribution is 7.54. The van der Waals surface area contributed by atoms with Gasteiger partial charge in [-0.25, -0.2) is 0 Å². The topological polar surface area (TPSA) is 80.9 Å². The predicted octanol–water partition coefficient (Wildman–Crippen LogP) is 20.9. The molecular formula is C76H94O4P2. The van der Waals surface area contributed by atoms with Crippen LogP contribution in [0.25, 0.3) is 66.8 Å². The molecule has 82 heavy (non-hydrogen) atoms. The van der Waals surface area contributed by atoms with Crippen molar-refractivity contribution in [2.75, 3.05) is 0 Å². The molecule has 6 heteroatoms. The van der Waals surface area contributed by atoms with Gasteiger partial charge in [0.15, 0.2) is 16.8 Å². The summed E-state index contributed by atoms with van der Waals surface area (Å²) >= 11 is 0. The van der Waals surface area contributed by atoms with Crippen LogP contribution < -0.4 is 10.6 Å². The van der Waals surface area contributed by atoms with Crippen LogP contribution >= 0.6 is 16.8 Å². The van der Waals surface area contributed by atoms with E-state index in [2.05, 4.69) is 272 Å². The third-order valence-corrected chi connectivity index (χ3v) is 17.7. The van der Waals surface area contributed by atoms with Crippen LogP contribution in [0.3, 0.4) is 0 Å². The Labute approximate surface area is 497 Å². The summed E-state index contributed by atoms with van der Waals surface area (Å²) in [6.07, 6.45) is 0. The van der Waals surface area contributed by atoms with E-state index >= 15 is 0 Å². The standard InChI is InChI=1S/C40H51O2P.C36H43O2P/c1-37(2,3)27-18-20-29(32(24-27)39(7,8)9)30-22-23-34(43(41)42)36(35(30)26-16-14-13-15-17-26)31-21-19-28(38(4,5)6)25-33(31)40(10,11)12;1-22(2)27-16-12-17-28(23(3)4)33(27)35-31(26-14-10-9-11-15-26)20-21-32(39(37)38)36(35)34-29(24(5)6)18-13-19-30(34)25(7)8/h13-25,41-42H,1-12H3;9-25,37-38H,1-8H3. The lowest BCUT2D eigenvalue weighted by molar-refractivity contribution is 0.495. The molecule has 0 unspecified atom stereocenters. The average molecular weight is 1130 g/mol. The van der Waals surface area contributed by atoms with Crippen LogP contribution in [0.15, 0.2) is 158 Å². The van der Waals surface area contributed by atoms with Crippen LogP contribution in [0, 0.1) is 0 Å². The van der Waals surface area contributed by atoms with Crippen molar-refractivity contribution in [2.45, 2.75) is 184 Å². The number of benzene rings is 8. The first-order valence-electron chi connectivity index (χ1n) is 29.6. The van der Waals surface area contributed by atoms with Gasteiger partial charge in [-0.2, -0.15) is 0 Å². The SMILES string of the molecule is CC(C)(C)c1ccc(-c2ccc(P(O)O)c(-c3ccc(C(C)(C)C)cc3C(C)(C)C)c2-c2ccccc2)c(C(C)(C)C)c1.CC(C)c1cccc(C(C)C)c1-c1c(-c2ccccc2)ccc(P(O)O)c1-c1c(C(C)C)cccc1C(C)C. The molecule has 8 aromatic carbocycles. The van der Waals surface area contributed by atoms with E-state index < -0.39 is 16.8 Å². The Bertz CT molecular complexity index is 3450. The largest absolute Gasteiger partial charge is 0.347 e. The second-order valence-electron chi connectivity index (χ2n) is 27.8. The Morgan fingerprint density at radius 3 is 1.00 bits per heavy atom. The van der Waals surface area contributed by atoms with Crippen LogP contribution in [-0.2, 0) is 21.7 Å². The Kier molecular flexibility index (Phi) is 19.8. The lowest BCUT2D eigenvalue weighted by Crippen LogP contribution is -2.19. The molecule has 8 rings (SSSR count). The number of rotatable bonds is 12. The maximum absolute atomic E-state index is 10.9. The highest BCUT2D eigenvalue weighted by Crippen LogP contribution is 2.52. The lowest BCUT2D eigenvalue weighted by Gasteiger charge is -2.31.